The first kappa shape index (κ1) is 15.9. The molecule has 0 fully saturated rings. The fourth-order valence-corrected chi connectivity index (χ4v) is 2.70. The molecule has 2 aromatic carbocycles. The van der Waals surface area contributed by atoms with Crippen LogP contribution in [0.1, 0.15) is 15.9 Å². The molecule has 0 aliphatic carbocycles. The van der Waals surface area contributed by atoms with Crippen LogP contribution in [0.4, 0.5) is 0 Å². The number of carboxylic acid groups (broad SMARTS) is 1. The maximum Gasteiger partial charge on any atom is 0.339 e. The molecule has 0 aliphatic heterocycles. The van der Waals surface area contributed by atoms with Crippen LogP contribution >= 0.6 is 11.6 Å². The molecule has 2 rings (SSSR count). The molecule has 0 amide bonds. The van der Waals surface area contributed by atoms with Crippen molar-refractivity contribution >= 4 is 40.1 Å². The third-order valence-electron chi connectivity index (χ3n) is 2.28. The fourth-order valence-electron chi connectivity index (χ4n) is 1.30. The summed E-state index contributed by atoms with van der Waals surface area (Å²) in [5, 5.41) is 18.2. The minimum atomic E-state index is -1.11. The van der Waals surface area contributed by atoms with E-state index < -0.39 is 5.97 Å². The van der Waals surface area contributed by atoms with Gasteiger partial charge in [0, 0.05) is 0 Å². The van der Waals surface area contributed by atoms with Gasteiger partial charge in [0.05, 0.1) is 0 Å². The molecule has 5 heteroatoms. The summed E-state index contributed by atoms with van der Waals surface area (Å²) in [5.41, 5.74) is 1.19. The molecule has 3 radical (unpaired) electrons. The molecule has 19 heavy (non-hydrogen) atoms. The van der Waals surface area contributed by atoms with Crippen molar-refractivity contribution in [2.45, 2.75) is 4.44 Å². The summed E-state index contributed by atoms with van der Waals surface area (Å²) in [6, 6.07) is 13.8. The summed E-state index contributed by atoms with van der Waals surface area (Å²) in [7, 11) is 0. The number of carboxylic acids is 1. The van der Waals surface area contributed by atoms with E-state index in [1.54, 1.807) is 12.1 Å². The van der Waals surface area contributed by atoms with Crippen LogP contribution in [0.25, 0.3) is 0 Å². The zero-order valence-electron chi connectivity index (χ0n) is 10.0. The van der Waals surface area contributed by atoms with Crippen molar-refractivity contribution < 1.29 is 15.0 Å². The predicted octanol–water partition coefficient (Wildman–Crippen LogP) is 3.10. The first-order valence-electron chi connectivity index (χ1n) is 5.45. The summed E-state index contributed by atoms with van der Waals surface area (Å²) in [6.45, 7) is 0. The quantitative estimate of drug-likeness (QED) is 0.785. The number of benzene rings is 2. The molecule has 0 aliphatic rings. The van der Waals surface area contributed by atoms with Gasteiger partial charge in [-0.15, -0.1) is 0 Å². The van der Waals surface area contributed by atoms with Crippen molar-refractivity contribution in [1.82, 2.24) is 0 Å². The summed E-state index contributed by atoms with van der Waals surface area (Å²) in [4.78, 5) is 10.3. The van der Waals surface area contributed by atoms with Crippen molar-refractivity contribution in [1.29, 1.82) is 0 Å². The average molecular weight is 382 g/mol. The zero-order valence-corrected chi connectivity index (χ0v) is 13.6. The zero-order chi connectivity index (χ0) is 14.3. The van der Waals surface area contributed by atoms with Crippen LogP contribution in [0.5, 0.6) is 5.75 Å². The number of para-hydroxylation sites is 1. The molecule has 0 bridgehead atoms. The Balaban J connectivity index is 0.000000191. The minimum Gasteiger partial charge on any atom is -0.507 e. The molecule has 0 unspecified atom stereocenters. The van der Waals surface area contributed by atoms with E-state index in [-0.39, 0.29) is 11.3 Å². The van der Waals surface area contributed by atoms with Crippen LogP contribution in [0.15, 0.2) is 48.5 Å². The number of hydrogen-bond acceptors (Lipinski definition) is 2. The monoisotopic (exact) mass is 383 g/mol. The van der Waals surface area contributed by atoms with Gasteiger partial charge in [0.25, 0.3) is 0 Å². The number of halogens is 1. The van der Waals surface area contributed by atoms with Crippen LogP contribution in [0.3, 0.4) is 0 Å². The molecule has 97 valence electrons. The third-order valence-corrected chi connectivity index (χ3v) is 3.74. The summed E-state index contributed by atoms with van der Waals surface area (Å²) >= 11 is 7.35. The Hall–Kier alpha value is -1.20. The molecule has 2 N–H and O–H groups in total. The topological polar surface area (TPSA) is 57.5 Å². The molecule has 2 aromatic rings. The Kier molecular flexibility index (Phi) is 6.73. The Morgan fingerprint density at radius 3 is 2.11 bits per heavy atom. The molecular formula is C14H12ClO3Sn. The second-order valence-electron chi connectivity index (χ2n) is 3.59. The second kappa shape index (κ2) is 8.07. The standard InChI is InChI=1S/C7H6Cl.C7H6O3.Sn/c1-6-4-2-3-5-7(6)8;8-6-4-2-1-3-5(6)7(9)10;/h2-5H,1H2;1-4,8H,(H,9,10);. The molecule has 0 heterocycles. The first-order valence-corrected chi connectivity index (χ1v) is 7.85. The van der Waals surface area contributed by atoms with Crippen molar-refractivity contribution in [3.05, 3.63) is 64.7 Å². The maximum absolute atomic E-state index is 10.3. The van der Waals surface area contributed by atoms with Crippen LogP contribution in [0.2, 0.25) is 5.02 Å². The van der Waals surface area contributed by atoms with Gasteiger partial charge in [-0.3, -0.25) is 0 Å². The van der Waals surface area contributed by atoms with Gasteiger partial charge >= 0.3 is 79.4 Å². The van der Waals surface area contributed by atoms with Gasteiger partial charge < -0.3 is 10.2 Å². The molecule has 0 atom stereocenters. The van der Waals surface area contributed by atoms with Gasteiger partial charge in [0.15, 0.2) is 0 Å². The Bertz CT molecular complexity index is 558. The third kappa shape index (κ3) is 5.12. The number of hydrogen-bond donors (Lipinski definition) is 2. The Labute approximate surface area is 129 Å². The molecule has 0 aromatic heterocycles. The van der Waals surface area contributed by atoms with E-state index in [9.17, 15) is 4.79 Å². The molecular weight excluding hydrogens is 370 g/mol. The molecule has 3 nitrogen and oxygen atoms in total. The number of rotatable bonds is 2. The van der Waals surface area contributed by atoms with E-state index in [4.69, 9.17) is 21.8 Å². The minimum absolute atomic E-state index is 0.0671. The summed E-state index contributed by atoms with van der Waals surface area (Å²) in [5.74, 6) is -1.31. The van der Waals surface area contributed by atoms with Crippen molar-refractivity contribution in [2.24, 2.45) is 0 Å². The van der Waals surface area contributed by atoms with Crippen molar-refractivity contribution in [3.63, 3.8) is 0 Å². The van der Waals surface area contributed by atoms with E-state index in [1.807, 2.05) is 18.2 Å². The van der Waals surface area contributed by atoms with Crippen LogP contribution < -0.4 is 0 Å². The summed E-state index contributed by atoms with van der Waals surface area (Å²) < 4.78 is 1.10. The van der Waals surface area contributed by atoms with Gasteiger partial charge in [-0.1, -0.05) is 12.1 Å². The van der Waals surface area contributed by atoms with Gasteiger partial charge in [0.1, 0.15) is 11.3 Å². The fraction of sp³-hybridized carbons (Fsp3) is 0.0714. The number of carbonyl (C=O) groups is 1. The van der Waals surface area contributed by atoms with Crippen molar-refractivity contribution in [3.8, 4) is 5.75 Å². The number of aromatic carboxylic acids is 1. The van der Waals surface area contributed by atoms with E-state index >= 15 is 0 Å². The molecule has 0 saturated carbocycles. The van der Waals surface area contributed by atoms with Gasteiger partial charge in [0.2, 0.25) is 0 Å². The van der Waals surface area contributed by atoms with Gasteiger partial charge in [-0.25, -0.2) is 4.79 Å². The Morgan fingerprint density at radius 2 is 1.68 bits per heavy atom. The van der Waals surface area contributed by atoms with E-state index in [1.165, 1.54) is 40.2 Å². The summed E-state index contributed by atoms with van der Waals surface area (Å²) in [6.07, 6.45) is 0. The SMILES string of the molecule is Clc1ccccc1[CH2][Sn].O=C(O)c1ccccc1O. The molecule has 0 saturated heterocycles. The largest absolute Gasteiger partial charge is 0.507 e. The van der Waals surface area contributed by atoms with Crippen molar-refractivity contribution in [2.75, 3.05) is 0 Å². The Morgan fingerprint density at radius 1 is 1.11 bits per heavy atom. The van der Waals surface area contributed by atoms with E-state index in [0.29, 0.717) is 0 Å². The smallest absolute Gasteiger partial charge is 0.339 e. The predicted molar refractivity (Wildman–Crippen MR) is 76.0 cm³/mol. The number of phenols is 1. The maximum atomic E-state index is 10.3. The average Bonchev–Trinajstić information content (AvgIpc) is 2.40. The van der Waals surface area contributed by atoms with Crippen LogP contribution in [-0.2, 0) is 4.44 Å². The van der Waals surface area contributed by atoms with Crippen LogP contribution in [0, 0.1) is 0 Å². The normalized spacial score (nSPS) is 9.37. The van der Waals surface area contributed by atoms with Gasteiger partial charge in [-0.05, 0) is 12.1 Å². The van der Waals surface area contributed by atoms with E-state index in [2.05, 4.69) is 6.07 Å². The number of aromatic hydroxyl groups is 1. The van der Waals surface area contributed by atoms with Gasteiger partial charge in [-0.2, -0.15) is 0 Å². The van der Waals surface area contributed by atoms with Crippen LogP contribution in [-0.4, -0.2) is 38.7 Å². The second-order valence-corrected chi connectivity index (χ2v) is 5.01. The van der Waals surface area contributed by atoms with E-state index in [0.717, 1.165) is 9.46 Å². The molecule has 0 spiro atoms. The first-order chi connectivity index (χ1) is 9.06.